The van der Waals surface area contributed by atoms with E-state index < -0.39 is 10.0 Å². The zero-order valence-electron chi connectivity index (χ0n) is 22.5. The van der Waals surface area contributed by atoms with Crippen LogP contribution in [-0.4, -0.2) is 73.3 Å². The van der Waals surface area contributed by atoms with Gasteiger partial charge in [-0.2, -0.15) is 4.31 Å². The van der Waals surface area contributed by atoms with Crippen molar-refractivity contribution < 1.29 is 18.3 Å². The number of piperidine rings is 1. The number of H-pyrrole nitrogens is 1. The molecule has 0 radical (unpaired) electrons. The van der Waals surface area contributed by atoms with Gasteiger partial charge in [-0.15, -0.1) is 10.2 Å². The molecule has 1 aliphatic rings. The molecule has 4 heterocycles. The zero-order valence-corrected chi connectivity index (χ0v) is 23.3. The molecule has 13 heteroatoms. The highest BCUT2D eigenvalue weighted by Gasteiger charge is 2.30. The van der Waals surface area contributed by atoms with E-state index >= 15 is 0 Å². The summed E-state index contributed by atoms with van der Waals surface area (Å²) in [5.74, 6) is 1.38. The van der Waals surface area contributed by atoms with Crippen LogP contribution in [0.1, 0.15) is 46.5 Å². The van der Waals surface area contributed by atoms with Crippen LogP contribution in [0.15, 0.2) is 34.2 Å². The second-order valence-corrected chi connectivity index (χ2v) is 12.4. The summed E-state index contributed by atoms with van der Waals surface area (Å²) in [6.07, 6.45) is 4.28. The molecule has 4 aromatic rings. The van der Waals surface area contributed by atoms with Gasteiger partial charge in [0.05, 0.1) is 17.1 Å². The first-order valence-electron chi connectivity index (χ1n) is 13.4. The third kappa shape index (κ3) is 5.18. The molecular weight excluding hydrogens is 522 g/mol. The van der Waals surface area contributed by atoms with E-state index in [9.17, 15) is 18.3 Å². The van der Waals surface area contributed by atoms with Gasteiger partial charge in [0.15, 0.2) is 11.3 Å². The number of benzene rings is 1. The van der Waals surface area contributed by atoms with Gasteiger partial charge in [-0.05, 0) is 55.7 Å². The summed E-state index contributed by atoms with van der Waals surface area (Å²) < 4.78 is 37.7. The molecule has 1 saturated heterocycles. The molecule has 2 N–H and O–H groups in total. The number of hydrogen-bond donors (Lipinski definition) is 2. The van der Waals surface area contributed by atoms with E-state index in [1.807, 2.05) is 20.8 Å². The maximum absolute atomic E-state index is 13.6. The molecule has 0 atom stereocenters. The van der Waals surface area contributed by atoms with E-state index in [1.165, 1.54) is 15.0 Å². The second-order valence-electron chi connectivity index (χ2n) is 10.5. The van der Waals surface area contributed by atoms with E-state index in [-0.39, 0.29) is 23.1 Å². The highest BCUT2D eigenvalue weighted by atomic mass is 32.2. The topological polar surface area (TPSA) is 148 Å². The van der Waals surface area contributed by atoms with Gasteiger partial charge in [0.25, 0.3) is 0 Å². The minimum atomic E-state index is -3.76. The maximum atomic E-state index is 13.6. The van der Waals surface area contributed by atoms with E-state index in [0.29, 0.717) is 72.5 Å². The van der Waals surface area contributed by atoms with Gasteiger partial charge in [-0.1, -0.05) is 20.8 Å². The Morgan fingerprint density at radius 3 is 2.67 bits per heavy atom. The normalized spacial score (nSPS) is 15.6. The summed E-state index contributed by atoms with van der Waals surface area (Å²) >= 11 is 0. The lowest BCUT2D eigenvalue weighted by molar-refractivity contribution is 0.208. The summed E-state index contributed by atoms with van der Waals surface area (Å²) in [6, 6.07) is 4.82. The molecule has 0 unspecified atom stereocenters. The van der Waals surface area contributed by atoms with Crippen molar-refractivity contribution in [1.82, 2.24) is 33.4 Å². The molecule has 0 amide bonds. The Bertz CT molecular complexity index is 1630. The van der Waals surface area contributed by atoms with E-state index in [4.69, 9.17) is 9.72 Å². The van der Waals surface area contributed by atoms with E-state index in [1.54, 1.807) is 22.8 Å². The Balaban J connectivity index is 1.61. The molecule has 1 aromatic carbocycles. The molecule has 1 fully saturated rings. The summed E-state index contributed by atoms with van der Waals surface area (Å²) in [4.78, 5) is 21.4. The highest BCUT2D eigenvalue weighted by Crippen LogP contribution is 2.34. The van der Waals surface area contributed by atoms with Crippen molar-refractivity contribution in [1.29, 1.82) is 0 Å². The monoisotopic (exact) mass is 557 g/mol. The minimum Gasteiger partial charge on any atom is -0.493 e. The van der Waals surface area contributed by atoms with Crippen molar-refractivity contribution in [3.63, 3.8) is 0 Å². The number of aromatic amines is 1. The van der Waals surface area contributed by atoms with Crippen LogP contribution in [0.4, 0.5) is 0 Å². The fourth-order valence-corrected chi connectivity index (χ4v) is 6.60. The average Bonchev–Trinajstić information content (AvgIpc) is 3.58. The van der Waals surface area contributed by atoms with Gasteiger partial charge in [0.2, 0.25) is 10.0 Å². The number of sulfonamides is 1. The van der Waals surface area contributed by atoms with Gasteiger partial charge < -0.3 is 14.8 Å². The van der Waals surface area contributed by atoms with Gasteiger partial charge in [0.1, 0.15) is 23.4 Å². The molecule has 39 heavy (non-hydrogen) atoms. The van der Waals surface area contributed by atoms with Crippen LogP contribution in [0, 0.1) is 11.8 Å². The summed E-state index contributed by atoms with van der Waals surface area (Å²) in [5.41, 5.74) is 1.49. The molecule has 1 aliphatic heterocycles. The van der Waals surface area contributed by atoms with Crippen LogP contribution in [0.2, 0.25) is 0 Å². The van der Waals surface area contributed by atoms with Crippen molar-refractivity contribution in [3.8, 4) is 17.1 Å². The molecule has 0 saturated carbocycles. The number of ether oxygens (including phenoxy) is 1. The Kier molecular flexibility index (Phi) is 7.74. The van der Waals surface area contributed by atoms with Crippen LogP contribution < -0.4 is 10.4 Å². The van der Waals surface area contributed by atoms with E-state index in [0.717, 1.165) is 19.3 Å². The Hall–Kier alpha value is -3.29. The first kappa shape index (κ1) is 27.3. The Morgan fingerprint density at radius 2 is 1.97 bits per heavy atom. The predicted octanol–water partition coefficient (Wildman–Crippen LogP) is 2.66. The Labute approximate surface area is 226 Å². The smallest absolute Gasteiger partial charge is 0.336 e. The van der Waals surface area contributed by atoms with Crippen molar-refractivity contribution in [2.75, 3.05) is 26.3 Å². The summed E-state index contributed by atoms with van der Waals surface area (Å²) in [6.45, 7) is 7.84. The molecule has 210 valence electrons. The number of aliphatic hydroxyl groups is 1. The van der Waals surface area contributed by atoms with E-state index in [2.05, 4.69) is 15.2 Å². The number of nitrogens with one attached hydrogen (secondary N) is 1. The molecule has 12 nitrogen and oxygen atoms in total. The number of aliphatic hydroxyl groups excluding tert-OH is 1. The zero-order chi connectivity index (χ0) is 27.7. The third-order valence-corrected chi connectivity index (χ3v) is 9.01. The molecule has 5 rings (SSSR count). The van der Waals surface area contributed by atoms with Crippen LogP contribution in [0.5, 0.6) is 5.75 Å². The van der Waals surface area contributed by atoms with Crippen LogP contribution in [-0.2, 0) is 16.6 Å². The lowest BCUT2D eigenvalue weighted by Crippen LogP contribution is -2.38. The van der Waals surface area contributed by atoms with Gasteiger partial charge in [-0.3, -0.25) is 4.57 Å². The fourth-order valence-electron chi connectivity index (χ4n) is 5.10. The van der Waals surface area contributed by atoms with Crippen molar-refractivity contribution in [2.24, 2.45) is 11.8 Å². The van der Waals surface area contributed by atoms with Crippen LogP contribution >= 0.6 is 0 Å². The summed E-state index contributed by atoms with van der Waals surface area (Å²) in [5, 5.41) is 17.3. The first-order chi connectivity index (χ1) is 18.7. The number of aromatic nitrogens is 6. The first-order valence-corrected chi connectivity index (χ1v) is 14.9. The van der Waals surface area contributed by atoms with Crippen molar-refractivity contribution >= 4 is 26.8 Å². The largest absolute Gasteiger partial charge is 0.493 e. The predicted molar refractivity (Wildman–Crippen MR) is 146 cm³/mol. The molecular formula is C26H35N7O5S. The molecule has 0 spiro atoms. The van der Waals surface area contributed by atoms with Crippen LogP contribution in [0.25, 0.3) is 28.2 Å². The maximum Gasteiger partial charge on any atom is 0.336 e. The average molecular weight is 558 g/mol. The quantitative estimate of drug-likeness (QED) is 0.302. The number of rotatable bonds is 10. The molecule has 0 bridgehead atoms. The standard InChI is InChI=1S/C26H35N7O5S/c1-4-13-38-21-6-5-19(39(36,37)31-10-7-18(8-11-31)9-12-34)14-20(21)23-28-22-24(29-23)32(15-17(2)3)26(35)33-16-27-30-25(22)33/h5-6,14,16-18,34H,4,7-13,15H2,1-3H3,(H,28,29). The van der Waals surface area contributed by atoms with Gasteiger partial charge in [-0.25, -0.2) is 22.6 Å². The van der Waals surface area contributed by atoms with Crippen molar-refractivity contribution in [3.05, 3.63) is 35.0 Å². The summed E-state index contributed by atoms with van der Waals surface area (Å²) in [7, 11) is -3.76. The van der Waals surface area contributed by atoms with Crippen LogP contribution in [0.3, 0.4) is 0 Å². The molecule has 3 aromatic heterocycles. The third-order valence-electron chi connectivity index (χ3n) is 7.11. The number of imidazole rings is 1. The highest BCUT2D eigenvalue weighted by molar-refractivity contribution is 7.89. The number of nitrogens with zero attached hydrogens (tertiary/aromatic N) is 6. The lowest BCUT2D eigenvalue weighted by atomic mass is 9.95. The minimum absolute atomic E-state index is 0.115. The van der Waals surface area contributed by atoms with Gasteiger partial charge in [0, 0.05) is 26.2 Å². The van der Waals surface area contributed by atoms with Crippen molar-refractivity contribution in [2.45, 2.75) is 57.9 Å². The van der Waals surface area contributed by atoms with Gasteiger partial charge >= 0.3 is 5.69 Å². The fraction of sp³-hybridized carbons (Fsp3) is 0.538. The second kappa shape index (κ2) is 11.1. The number of fused-ring (bicyclic) bond motifs is 3. The molecule has 0 aliphatic carbocycles. The lowest BCUT2D eigenvalue weighted by Gasteiger charge is -2.31. The SMILES string of the molecule is CCCOc1ccc(S(=O)(=O)N2CCC(CCO)CC2)cc1-c1nc2c([nH]1)c1nncn1c(=O)n2CC(C)C. The number of hydrogen-bond acceptors (Lipinski definition) is 8. The Morgan fingerprint density at radius 1 is 1.21 bits per heavy atom.